The lowest BCUT2D eigenvalue weighted by Crippen LogP contribution is -2.32. The molecule has 2 rings (SSSR count). The van der Waals surface area contributed by atoms with E-state index < -0.39 is 0 Å². The number of halogens is 1. The van der Waals surface area contributed by atoms with Crippen LogP contribution in [-0.4, -0.2) is 35.4 Å². The van der Waals surface area contributed by atoms with Gasteiger partial charge in [-0.3, -0.25) is 10.1 Å². The minimum absolute atomic E-state index is 0.0217. The van der Waals surface area contributed by atoms with Crippen molar-refractivity contribution in [2.45, 2.75) is 32.0 Å². The van der Waals surface area contributed by atoms with Crippen LogP contribution in [0.3, 0.4) is 0 Å². The zero-order valence-electron chi connectivity index (χ0n) is 11.9. The molecule has 1 aromatic carbocycles. The van der Waals surface area contributed by atoms with Crippen molar-refractivity contribution in [3.8, 4) is 0 Å². The molecule has 3 nitrogen and oxygen atoms in total. The summed E-state index contributed by atoms with van der Waals surface area (Å²) in [6.45, 7) is 2.84. The highest BCUT2D eigenvalue weighted by atomic mass is 35.5. The molecule has 1 N–H and O–H groups in total. The minimum atomic E-state index is -0.0649. The Hall–Kier alpha value is -0.710. The Morgan fingerprint density at radius 1 is 1.35 bits per heavy atom. The highest BCUT2D eigenvalue weighted by molar-refractivity contribution is 7.98. The first-order valence-electron chi connectivity index (χ1n) is 6.98. The van der Waals surface area contributed by atoms with E-state index in [-0.39, 0.29) is 18.1 Å². The number of nitrogens with zero attached hydrogens (tertiary/aromatic N) is 1. The molecule has 20 heavy (non-hydrogen) atoms. The third-order valence-electron chi connectivity index (χ3n) is 3.59. The summed E-state index contributed by atoms with van der Waals surface area (Å²) < 4.78 is 0. The summed E-state index contributed by atoms with van der Waals surface area (Å²) >= 11 is 7.75. The SMILES string of the molecule is CCC1NC(c2ccc(Cl)cc2)N(CCCSC)C1=O. The first-order valence-corrected chi connectivity index (χ1v) is 8.75. The molecule has 1 saturated heterocycles. The molecule has 1 aromatic rings. The van der Waals surface area contributed by atoms with Crippen molar-refractivity contribution in [1.82, 2.24) is 10.2 Å². The molecule has 1 aliphatic rings. The zero-order valence-corrected chi connectivity index (χ0v) is 13.5. The van der Waals surface area contributed by atoms with Gasteiger partial charge in [-0.1, -0.05) is 30.7 Å². The van der Waals surface area contributed by atoms with Gasteiger partial charge in [-0.15, -0.1) is 0 Å². The lowest BCUT2D eigenvalue weighted by atomic mass is 10.1. The second kappa shape index (κ2) is 7.34. The van der Waals surface area contributed by atoms with Crippen molar-refractivity contribution in [1.29, 1.82) is 0 Å². The molecule has 1 aliphatic heterocycles. The first kappa shape index (κ1) is 15.7. The van der Waals surface area contributed by atoms with E-state index in [1.54, 1.807) is 0 Å². The van der Waals surface area contributed by atoms with Crippen LogP contribution >= 0.6 is 23.4 Å². The fourth-order valence-corrected chi connectivity index (χ4v) is 3.06. The molecular weight excluding hydrogens is 292 g/mol. The standard InChI is InChI=1S/C15H21ClN2OS/c1-3-13-15(19)18(9-4-10-20-2)14(17-13)11-5-7-12(16)8-6-11/h5-8,13-14,17H,3-4,9-10H2,1-2H3. The van der Waals surface area contributed by atoms with Crippen LogP contribution < -0.4 is 5.32 Å². The van der Waals surface area contributed by atoms with Gasteiger partial charge in [0.2, 0.25) is 5.91 Å². The van der Waals surface area contributed by atoms with Crippen molar-refractivity contribution in [3.05, 3.63) is 34.9 Å². The van der Waals surface area contributed by atoms with Gasteiger partial charge < -0.3 is 4.90 Å². The Morgan fingerprint density at radius 2 is 2.05 bits per heavy atom. The van der Waals surface area contributed by atoms with E-state index in [4.69, 9.17) is 11.6 Å². The zero-order chi connectivity index (χ0) is 14.5. The van der Waals surface area contributed by atoms with Gasteiger partial charge in [0.25, 0.3) is 0 Å². The average Bonchev–Trinajstić information content (AvgIpc) is 2.77. The number of nitrogens with one attached hydrogen (secondary N) is 1. The van der Waals surface area contributed by atoms with Gasteiger partial charge in [0.1, 0.15) is 6.17 Å². The number of rotatable bonds is 6. The number of amides is 1. The lowest BCUT2D eigenvalue weighted by molar-refractivity contribution is -0.130. The quantitative estimate of drug-likeness (QED) is 0.818. The second-order valence-electron chi connectivity index (χ2n) is 4.96. The van der Waals surface area contributed by atoms with Crippen LogP contribution in [0.15, 0.2) is 24.3 Å². The molecule has 1 fully saturated rings. The van der Waals surface area contributed by atoms with E-state index in [1.165, 1.54) is 0 Å². The fraction of sp³-hybridized carbons (Fsp3) is 0.533. The van der Waals surface area contributed by atoms with Crippen molar-refractivity contribution < 1.29 is 4.79 Å². The third kappa shape index (κ3) is 3.48. The molecule has 2 atom stereocenters. The number of carbonyl (C=O) groups excluding carboxylic acids is 1. The molecule has 1 amide bonds. The highest BCUT2D eigenvalue weighted by Crippen LogP contribution is 2.27. The normalized spacial score (nSPS) is 22.6. The molecule has 0 bridgehead atoms. The third-order valence-corrected chi connectivity index (χ3v) is 4.54. The van der Waals surface area contributed by atoms with Crippen molar-refractivity contribution >= 4 is 29.3 Å². The Morgan fingerprint density at radius 3 is 2.65 bits per heavy atom. The minimum Gasteiger partial charge on any atom is -0.322 e. The Labute approximate surface area is 130 Å². The summed E-state index contributed by atoms with van der Waals surface area (Å²) in [4.78, 5) is 14.4. The van der Waals surface area contributed by atoms with Gasteiger partial charge in [0.05, 0.1) is 6.04 Å². The summed E-state index contributed by atoms with van der Waals surface area (Å²) in [6.07, 6.45) is 3.92. The average molecular weight is 313 g/mol. The van der Waals surface area contributed by atoms with Crippen LogP contribution in [0.4, 0.5) is 0 Å². The summed E-state index contributed by atoms with van der Waals surface area (Å²) in [5.74, 6) is 1.29. The molecule has 2 unspecified atom stereocenters. The largest absolute Gasteiger partial charge is 0.322 e. The molecule has 0 spiro atoms. The van der Waals surface area contributed by atoms with E-state index in [2.05, 4.69) is 11.6 Å². The Balaban J connectivity index is 2.15. The molecular formula is C15H21ClN2OS. The lowest BCUT2D eigenvalue weighted by Gasteiger charge is -2.24. The van der Waals surface area contributed by atoms with Crippen molar-refractivity contribution in [3.63, 3.8) is 0 Å². The van der Waals surface area contributed by atoms with Crippen LogP contribution in [0.1, 0.15) is 31.5 Å². The summed E-state index contributed by atoms with van der Waals surface area (Å²) in [5.41, 5.74) is 1.10. The number of benzene rings is 1. The molecule has 0 radical (unpaired) electrons. The molecule has 0 aromatic heterocycles. The second-order valence-corrected chi connectivity index (χ2v) is 6.38. The van der Waals surface area contributed by atoms with E-state index in [0.717, 1.165) is 35.7 Å². The maximum absolute atomic E-state index is 12.4. The summed E-state index contributed by atoms with van der Waals surface area (Å²) in [7, 11) is 0. The van der Waals surface area contributed by atoms with Gasteiger partial charge in [-0.2, -0.15) is 11.8 Å². The van der Waals surface area contributed by atoms with Gasteiger partial charge in [-0.25, -0.2) is 0 Å². The Kier molecular flexibility index (Phi) is 5.75. The van der Waals surface area contributed by atoms with Crippen molar-refractivity contribution in [2.75, 3.05) is 18.6 Å². The number of carbonyl (C=O) groups is 1. The summed E-state index contributed by atoms with van der Waals surface area (Å²) in [5, 5.41) is 4.15. The van der Waals surface area contributed by atoms with E-state index in [0.29, 0.717) is 0 Å². The van der Waals surface area contributed by atoms with Crippen molar-refractivity contribution in [2.24, 2.45) is 0 Å². The van der Waals surface area contributed by atoms with E-state index in [1.807, 2.05) is 47.9 Å². The monoisotopic (exact) mass is 312 g/mol. The predicted molar refractivity (Wildman–Crippen MR) is 86.1 cm³/mol. The van der Waals surface area contributed by atoms with Crippen LogP contribution in [0, 0.1) is 0 Å². The van der Waals surface area contributed by atoms with Gasteiger partial charge in [0.15, 0.2) is 0 Å². The van der Waals surface area contributed by atoms with Gasteiger partial charge >= 0.3 is 0 Å². The molecule has 110 valence electrons. The molecule has 1 heterocycles. The first-order chi connectivity index (χ1) is 9.67. The van der Waals surface area contributed by atoms with Gasteiger partial charge in [0, 0.05) is 11.6 Å². The topological polar surface area (TPSA) is 32.3 Å². The number of thioether (sulfide) groups is 1. The maximum atomic E-state index is 12.4. The van der Waals surface area contributed by atoms with Crippen LogP contribution in [0.5, 0.6) is 0 Å². The number of hydrogen-bond donors (Lipinski definition) is 1. The fourth-order valence-electron chi connectivity index (χ4n) is 2.51. The van der Waals surface area contributed by atoms with E-state index in [9.17, 15) is 4.79 Å². The Bertz CT molecular complexity index is 452. The number of hydrogen-bond acceptors (Lipinski definition) is 3. The molecule has 0 aliphatic carbocycles. The van der Waals surface area contributed by atoms with E-state index >= 15 is 0 Å². The molecule has 0 saturated carbocycles. The predicted octanol–water partition coefficient (Wildman–Crippen LogP) is 3.30. The highest BCUT2D eigenvalue weighted by Gasteiger charge is 2.37. The summed E-state index contributed by atoms with van der Waals surface area (Å²) in [6, 6.07) is 7.68. The van der Waals surface area contributed by atoms with Crippen LogP contribution in [0.25, 0.3) is 0 Å². The van der Waals surface area contributed by atoms with Gasteiger partial charge in [-0.05, 0) is 42.5 Å². The van der Waals surface area contributed by atoms with Crippen LogP contribution in [0.2, 0.25) is 5.02 Å². The smallest absolute Gasteiger partial charge is 0.241 e. The molecule has 5 heteroatoms. The van der Waals surface area contributed by atoms with Crippen LogP contribution in [-0.2, 0) is 4.79 Å². The maximum Gasteiger partial charge on any atom is 0.241 e.